The van der Waals surface area contributed by atoms with Crippen LogP contribution in [0.5, 0.6) is 11.5 Å². The van der Waals surface area contributed by atoms with Crippen LogP contribution in [0.1, 0.15) is 5.56 Å². The first kappa shape index (κ1) is 14.8. The summed E-state index contributed by atoms with van der Waals surface area (Å²) in [6.45, 7) is 0.662. The molecule has 110 valence electrons. The number of benzene rings is 2. The molecule has 2 aromatic rings. The predicted octanol–water partition coefficient (Wildman–Crippen LogP) is 3.16. The maximum absolute atomic E-state index is 10.6. The smallest absolute Gasteiger partial charge is 0.271 e. The first-order valence-corrected chi connectivity index (χ1v) is 6.40. The van der Waals surface area contributed by atoms with E-state index in [9.17, 15) is 10.1 Å². The van der Waals surface area contributed by atoms with Gasteiger partial charge < -0.3 is 15.2 Å². The molecule has 0 spiro atoms. The van der Waals surface area contributed by atoms with Crippen LogP contribution in [0.15, 0.2) is 42.5 Å². The van der Waals surface area contributed by atoms with Crippen molar-refractivity contribution >= 4 is 11.4 Å². The molecule has 0 atom stereocenters. The Kier molecular flexibility index (Phi) is 4.73. The van der Waals surface area contributed by atoms with Gasteiger partial charge in [0.15, 0.2) is 5.75 Å². The van der Waals surface area contributed by atoms with Gasteiger partial charge in [0.1, 0.15) is 5.75 Å². The van der Waals surface area contributed by atoms with E-state index < -0.39 is 4.92 Å². The lowest BCUT2D eigenvalue weighted by atomic mass is 10.1. The molecule has 0 aliphatic rings. The fourth-order valence-electron chi connectivity index (χ4n) is 1.81. The number of ether oxygens (including phenoxy) is 2. The van der Waals surface area contributed by atoms with Crippen LogP contribution in [0.4, 0.5) is 11.4 Å². The molecule has 0 saturated heterocycles. The van der Waals surface area contributed by atoms with Crippen molar-refractivity contribution in [1.82, 2.24) is 0 Å². The van der Waals surface area contributed by atoms with Crippen LogP contribution in [-0.2, 0) is 11.2 Å². The summed E-state index contributed by atoms with van der Waals surface area (Å²) in [5.74, 6) is 1.02. The van der Waals surface area contributed by atoms with Crippen molar-refractivity contribution < 1.29 is 14.4 Å². The summed E-state index contributed by atoms with van der Waals surface area (Å²) in [6.07, 6.45) is 0.830. The zero-order valence-electron chi connectivity index (χ0n) is 11.6. The van der Waals surface area contributed by atoms with Crippen LogP contribution in [0, 0.1) is 10.1 Å². The molecule has 2 rings (SSSR count). The van der Waals surface area contributed by atoms with Gasteiger partial charge in [0.25, 0.3) is 5.69 Å². The minimum absolute atomic E-state index is 0.0604. The highest BCUT2D eigenvalue weighted by atomic mass is 16.6. The van der Waals surface area contributed by atoms with E-state index in [-0.39, 0.29) is 11.4 Å². The number of nitrogen functional groups attached to an aromatic ring is 1. The largest absolute Gasteiger partial charge is 0.455 e. The monoisotopic (exact) mass is 288 g/mol. The number of anilines is 1. The van der Waals surface area contributed by atoms with Crippen molar-refractivity contribution in [3.63, 3.8) is 0 Å². The van der Waals surface area contributed by atoms with E-state index in [0.29, 0.717) is 18.1 Å². The topological polar surface area (TPSA) is 87.6 Å². The first-order chi connectivity index (χ1) is 10.1. The van der Waals surface area contributed by atoms with Crippen LogP contribution >= 0.6 is 0 Å². The Hall–Kier alpha value is -2.60. The Labute approximate surface area is 122 Å². The third-order valence-electron chi connectivity index (χ3n) is 2.95. The molecule has 0 aliphatic heterocycles. The van der Waals surface area contributed by atoms with Gasteiger partial charge in [-0.2, -0.15) is 0 Å². The second-order valence-corrected chi connectivity index (χ2v) is 4.47. The molecule has 0 fully saturated rings. The second-order valence-electron chi connectivity index (χ2n) is 4.47. The fourth-order valence-corrected chi connectivity index (χ4v) is 1.81. The molecule has 0 bridgehead atoms. The SMILES string of the molecule is COCCc1ccc(Oc2ccc([N+](=O)[O-])cc2N)cc1. The van der Waals surface area contributed by atoms with Crippen molar-refractivity contribution in [2.75, 3.05) is 19.5 Å². The van der Waals surface area contributed by atoms with Gasteiger partial charge in [-0.3, -0.25) is 10.1 Å². The third-order valence-corrected chi connectivity index (χ3v) is 2.95. The average molecular weight is 288 g/mol. The number of hydrogen-bond donors (Lipinski definition) is 1. The van der Waals surface area contributed by atoms with E-state index in [1.807, 2.05) is 24.3 Å². The van der Waals surface area contributed by atoms with Crippen molar-refractivity contribution in [3.05, 3.63) is 58.1 Å². The summed E-state index contributed by atoms with van der Waals surface area (Å²) in [5.41, 5.74) is 7.07. The van der Waals surface area contributed by atoms with E-state index in [0.717, 1.165) is 12.0 Å². The molecule has 0 heterocycles. The van der Waals surface area contributed by atoms with Crippen molar-refractivity contribution in [2.45, 2.75) is 6.42 Å². The Morgan fingerprint density at radius 3 is 2.48 bits per heavy atom. The Morgan fingerprint density at radius 1 is 1.19 bits per heavy atom. The van der Waals surface area contributed by atoms with Crippen LogP contribution in [0.2, 0.25) is 0 Å². The normalized spacial score (nSPS) is 10.3. The summed E-state index contributed by atoms with van der Waals surface area (Å²) >= 11 is 0. The van der Waals surface area contributed by atoms with Crippen LogP contribution < -0.4 is 10.5 Å². The molecule has 0 radical (unpaired) electrons. The van der Waals surface area contributed by atoms with Gasteiger partial charge in [-0.15, -0.1) is 0 Å². The zero-order valence-corrected chi connectivity index (χ0v) is 11.6. The number of non-ortho nitro benzene ring substituents is 1. The molecule has 2 aromatic carbocycles. The molecule has 21 heavy (non-hydrogen) atoms. The number of nitro groups is 1. The molecule has 0 aromatic heterocycles. The van der Waals surface area contributed by atoms with E-state index in [1.165, 1.54) is 18.2 Å². The minimum Gasteiger partial charge on any atom is -0.455 e. The van der Waals surface area contributed by atoms with Crippen LogP contribution in [0.25, 0.3) is 0 Å². The minimum atomic E-state index is -0.495. The maximum atomic E-state index is 10.6. The summed E-state index contributed by atoms with van der Waals surface area (Å²) < 4.78 is 10.6. The second kappa shape index (κ2) is 6.71. The molecule has 0 aliphatic carbocycles. The molecule has 0 saturated carbocycles. The van der Waals surface area contributed by atoms with E-state index >= 15 is 0 Å². The lowest BCUT2D eigenvalue weighted by Gasteiger charge is -2.09. The highest BCUT2D eigenvalue weighted by molar-refractivity contribution is 5.59. The summed E-state index contributed by atoms with van der Waals surface area (Å²) in [4.78, 5) is 10.2. The number of nitro benzene ring substituents is 1. The zero-order chi connectivity index (χ0) is 15.2. The van der Waals surface area contributed by atoms with E-state index in [1.54, 1.807) is 7.11 Å². The fraction of sp³-hybridized carbons (Fsp3) is 0.200. The average Bonchev–Trinajstić information content (AvgIpc) is 2.48. The molecule has 2 N–H and O–H groups in total. The van der Waals surface area contributed by atoms with Gasteiger partial charge in [0, 0.05) is 19.2 Å². The molecule has 6 heteroatoms. The Balaban J connectivity index is 2.09. The van der Waals surface area contributed by atoms with Crippen LogP contribution in [-0.4, -0.2) is 18.6 Å². The highest BCUT2D eigenvalue weighted by Gasteiger charge is 2.10. The quantitative estimate of drug-likeness (QED) is 0.501. The van der Waals surface area contributed by atoms with Crippen molar-refractivity contribution in [3.8, 4) is 11.5 Å². The summed E-state index contributed by atoms with van der Waals surface area (Å²) in [6, 6.07) is 11.7. The number of hydrogen-bond acceptors (Lipinski definition) is 5. The van der Waals surface area contributed by atoms with Gasteiger partial charge >= 0.3 is 0 Å². The third kappa shape index (κ3) is 3.93. The maximum Gasteiger partial charge on any atom is 0.271 e. The van der Waals surface area contributed by atoms with Gasteiger partial charge in [-0.25, -0.2) is 0 Å². The standard InChI is InChI=1S/C15H16N2O4/c1-20-9-8-11-2-5-13(6-3-11)21-15-7-4-12(17(18)19)10-14(15)16/h2-7,10H,8-9,16H2,1H3. The first-order valence-electron chi connectivity index (χ1n) is 6.40. The number of nitrogens with zero attached hydrogens (tertiary/aromatic N) is 1. The highest BCUT2D eigenvalue weighted by Crippen LogP contribution is 2.30. The molecule has 6 nitrogen and oxygen atoms in total. The van der Waals surface area contributed by atoms with Crippen LogP contribution in [0.3, 0.4) is 0 Å². The lowest BCUT2D eigenvalue weighted by molar-refractivity contribution is -0.384. The Morgan fingerprint density at radius 2 is 1.90 bits per heavy atom. The van der Waals surface area contributed by atoms with E-state index in [2.05, 4.69) is 0 Å². The van der Waals surface area contributed by atoms with Crippen molar-refractivity contribution in [1.29, 1.82) is 0 Å². The van der Waals surface area contributed by atoms with Gasteiger partial charge in [0.2, 0.25) is 0 Å². The molecular formula is C15H16N2O4. The molecular weight excluding hydrogens is 272 g/mol. The van der Waals surface area contributed by atoms with Gasteiger partial charge in [-0.05, 0) is 30.2 Å². The molecule has 0 unspecified atom stereocenters. The number of rotatable bonds is 6. The van der Waals surface area contributed by atoms with Gasteiger partial charge in [0.05, 0.1) is 17.2 Å². The predicted molar refractivity (Wildman–Crippen MR) is 79.6 cm³/mol. The number of nitrogens with two attached hydrogens (primary N) is 1. The summed E-state index contributed by atoms with van der Waals surface area (Å²) in [7, 11) is 1.66. The Bertz CT molecular complexity index is 626. The van der Waals surface area contributed by atoms with Gasteiger partial charge in [-0.1, -0.05) is 12.1 Å². The van der Waals surface area contributed by atoms with Crippen molar-refractivity contribution in [2.24, 2.45) is 0 Å². The molecule has 0 amide bonds. The lowest BCUT2D eigenvalue weighted by Crippen LogP contribution is -1.96. The summed E-state index contributed by atoms with van der Waals surface area (Å²) in [5, 5.41) is 10.6. The van der Waals surface area contributed by atoms with E-state index in [4.69, 9.17) is 15.2 Å². The number of methoxy groups -OCH3 is 1.